The molecule has 3 nitrogen and oxygen atoms in total. The topological polar surface area (TPSA) is 30.5 Å². The first-order valence-corrected chi connectivity index (χ1v) is 6.81. The molecule has 0 spiro atoms. The molecule has 1 atom stereocenters. The Kier molecular flexibility index (Phi) is 3.27. The van der Waals surface area contributed by atoms with Crippen LogP contribution < -0.4 is 10.1 Å². The van der Waals surface area contributed by atoms with E-state index in [1.165, 1.54) is 5.56 Å². The van der Waals surface area contributed by atoms with E-state index in [-0.39, 0.29) is 5.54 Å². The standard InChI is InChI=1S/C15H21NO2/c1-15(6-8-17-9-7-15)16-10-12-11-18-14-5-3-2-4-13(12)14/h2-5,12,16H,6-11H2,1H3. The first-order chi connectivity index (χ1) is 8.77. The van der Waals surface area contributed by atoms with Crippen molar-refractivity contribution in [1.29, 1.82) is 0 Å². The zero-order chi connectivity index (χ0) is 12.4. The van der Waals surface area contributed by atoms with Crippen LogP contribution in [0.15, 0.2) is 24.3 Å². The van der Waals surface area contributed by atoms with E-state index in [4.69, 9.17) is 9.47 Å². The molecule has 1 aromatic rings. The second-order valence-corrected chi connectivity index (χ2v) is 5.60. The number of hydrogen-bond donors (Lipinski definition) is 1. The summed E-state index contributed by atoms with van der Waals surface area (Å²) >= 11 is 0. The van der Waals surface area contributed by atoms with Gasteiger partial charge in [-0.1, -0.05) is 18.2 Å². The van der Waals surface area contributed by atoms with Crippen molar-refractivity contribution in [3.05, 3.63) is 29.8 Å². The number of benzene rings is 1. The fourth-order valence-electron chi connectivity index (χ4n) is 2.77. The maximum atomic E-state index is 5.72. The van der Waals surface area contributed by atoms with Gasteiger partial charge in [-0.25, -0.2) is 0 Å². The summed E-state index contributed by atoms with van der Waals surface area (Å²) in [5.74, 6) is 1.54. The molecule has 0 amide bonds. The third kappa shape index (κ3) is 2.38. The third-order valence-corrected chi connectivity index (χ3v) is 4.17. The van der Waals surface area contributed by atoms with Crippen molar-refractivity contribution in [2.45, 2.75) is 31.2 Å². The van der Waals surface area contributed by atoms with Gasteiger partial charge in [0.15, 0.2) is 0 Å². The third-order valence-electron chi connectivity index (χ3n) is 4.17. The molecule has 18 heavy (non-hydrogen) atoms. The lowest BCUT2D eigenvalue weighted by molar-refractivity contribution is 0.0446. The Morgan fingerprint density at radius 2 is 2.06 bits per heavy atom. The molecular formula is C15H21NO2. The summed E-state index contributed by atoms with van der Waals surface area (Å²) in [7, 11) is 0. The van der Waals surface area contributed by atoms with Gasteiger partial charge < -0.3 is 14.8 Å². The predicted octanol–water partition coefficient (Wildman–Crippen LogP) is 2.32. The molecule has 0 saturated carbocycles. The van der Waals surface area contributed by atoms with E-state index in [9.17, 15) is 0 Å². The molecule has 2 heterocycles. The van der Waals surface area contributed by atoms with Crippen LogP contribution in [0.1, 0.15) is 31.2 Å². The van der Waals surface area contributed by atoms with E-state index >= 15 is 0 Å². The average molecular weight is 247 g/mol. The highest BCUT2D eigenvalue weighted by atomic mass is 16.5. The molecule has 0 radical (unpaired) electrons. The minimum Gasteiger partial charge on any atom is -0.493 e. The summed E-state index contributed by atoms with van der Waals surface area (Å²) in [6.07, 6.45) is 2.20. The van der Waals surface area contributed by atoms with Crippen LogP contribution in [-0.4, -0.2) is 31.9 Å². The number of hydrogen-bond acceptors (Lipinski definition) is 3. The van der Waals surface area contributed by atoms with Gasteiger partial charge in [-0.05, 0) is 25.8 Å². The van der Waals surface area contributed by atoms with Crippen LogP contribution in [0.5, 0.6) is 5.75 Å². The quantitative estimate of drug-likeness (QED) is 0.889. The summed E-state index contributed by atoms with van der Waals surface area (Å²) in [6, 6.07) is 8.37. The molecule has 1 aromatic carbocycles. The number of para-hydroxylation sites is 1. The van der Waals surface area contributed by atoms with Crippen molar-refractivity contribution >= 4 is 0 Å². The lowest BCUT2D eigenvalue weighted by Gasteiger charge is -2.35. The Hall–Kier alpha value is -1.06. The van der Waals surface area contributed by atoms with Gasteiger partial charge in [-0.15, -0.1) is 0 Å². The lowest BCUT2D eigenvalue weighted by atomic mass is 9.91. The molecule has 1 N–H and O–H groups in total. The number of nitrogens with one attached hydrogen (secondary N) is 1. The first kappa shape index (κ1) is 12.0. The Morgan fingerprint density at radius 1 is 1.28 bits per heavy atom. The van der Waals surface area contributed by atoms with Gasteiger partial charge in [0.1, 0.15) is 5.75 Å². The molecule has 1 saturated heterocycles. The van der Waals surface area contributed by atoms with E-state index in [0.29, 0.717) is 5.92 Å². The summed E-state index contributed by atoms with van der Waals surface area (Å²) in [4.78, 5) is 0. The van der Waals surface area contributed by atoms with Gasteiger partial charge in [0, 0.05) is 36.8 Å². The Labute approximate surface area is 108 Å². The highest BCUT2D eigenvalue weighted by Crippen LogP contribution is 2.33. The smallest absolute Gasteiger partial charge is 0.122 e. The van der Waals surface area contributed by atoms with Crippen molar-refractivity contribution < 1.29 is 9.47 Å². The minimum atomic E-state index is 0.232. The highest BCUT2D eigenvalue weighted by molar-refractivity contribution is 5.39. The maximum Gasteiger partial charge on any atom is 0.122 e. The zero-order valence-electron chi connectivity index (χ0n) is 10.9. The second-order valence-electron chi connectivity index (χ2n) is 5.60. The van der Waals surface area contributed by atoms with Crippen LogP contribution in [0.4, 0.5) is 0 Å². The first-order valence-electron chi connectivity index (χ1n) is 6.81. The molecule has 2 aliphatic rings. The summed E-state index contributed by atoms with van der Waals surface area (Å²) in [5.41, 5.74) is 1.58. The van der Waals surface area contributed by atoms with Gasteiger partial charge in [0.05, 0.1) is 6.61 Å². The van der Waals surface area contributed by atoms with E-state index in [2.05, 4.69) is 30.4 Å². The van der Waals surface area contributed by atoms with Crippen molar-refractivity contribution in [2.24, 2.45) is 0 Å². The van der Waals surface area contributed by atoms with Crippen LogP contribution >= 0.6 is 0 Å². The predicted molar refractivity (Wildman–Crippen MR) is 71.1 cm³/mol. The summed E-state index contributed by atoms with van der Waals surface area (Å²) in [6.45, 7) is 5.85. The van der Waals surface area contributed by atoms with Gasteiger partial charge in [-0.3, -0.25) is 0 Å². The Bertz CT molecular complexity index is 413. The molecule has 3 heteroatoms. The van der Waals surface area contributed by atoms with Gasteiger partial charge >= 0.3 is 0 Å². The van der Waals surface area contributed by atoms with Gasteiger partial charge in [0.25, 0.3) is 0 Å². The largest absolute Gasteiger partial charge is 0.493 e. The fourth-order valence-corrected chi connectivity index (χ4v) is 2.77. The second kappa shape index (κ2) is 4.90. The zero-order valence-corrected chi connectivity index (χ0v) is 10.9. The number of rotatable bonds is 3. The van der Waals surface area contributed by atoms with Crippen LogP contribution in [-0.2, 0) is 4.74 Å². The molecular weight excluding hydrogens is 226 g/mol. The molecule has 98 valence electrons. The average Bonchev–Trinajstić information content (AvgIpc) is 2.81. The SMILES string of the molecule is CC1(NCC2COc3ccccc32)CCOCC1. The fraction of sp³-hybridized carbons (Fsp3) is 0.600. The minimum absolute atomic E-state index is 0.232. The molecule has 1 fully saturated rings. The summed E-state index contributed by atoms with van der Waals surface area (Å²) < 4.78 is 11.1. The molecule has 3 rings (SSSR count). The van der Waals surface area contributed by atoms with Gasteiger partial charge in [-0.2, -0.15) is 0 Å². The van der Waals surface area contributed by atoms with Crippen LogP contribution in [0, 0.1) is 0 Å². The number of fused-ring (bicyclic) bond motifs is 1. The van der Waals surface area contributed by atoms with Crippen LogP contribution in [0.25, 0.3) is 0 Å². The Morgan fingerprint density at radius 3 is 2.89 bits per heavy atom. The molecule has 0 bridgehead atoms. The van der Waals surface area contributed by atoms with Gasteiger partial charge in [0.2, 0.25) is 0 Å². The molecule has 2 aliphatic heterocycles. The van der Waals surface area contributed by atoms with E-state index in [1.807, 2.05) is 6.07 Å². The van der Waals surface area contributed by atoms with Crippen molar-refractivity contribution in [3.63, 3.8) is 0 Å². The number of ether oxygens (including phenoxy) is 2. The monoisotopic (exact) mass is 247 g/mol. The Balaban J connectivity index is 1.61. The normalized spacial score (nSPS) is 25.5. The van der Waals surface area contributed by atoms with Crippen molar-refractivity contribution in [2.75, 3.05) is 26.4 Å². The van der Waals surface area contributed by atoms with E-state index < -0.39 is 0 Å². The van der Waals surface area contributed by atoms with E-state index in [0.717, 1.165) is 45.0 Å². The molecule has 1 unspecified atom stereocenters. The highest BCUT2D eigenvalue weighted by Gasteiger charge is 2.30. The van der Waals surface area contributed by atoms with Crippen LogP contribution in [0.2, 0.25) is 0 Å². The van der Waals surface area contributed by atoms with Crippen LogP contribution in [0.3, 0.4) is 0 Å². The lowest BCUT2D eigenvalue weighted by Crippen LogP contribution is -2.48. The van der Waals surface area contributed by atoms with E-state index in [1.54, 1.807) is 0 Å². The molecule has 0 aromatic heterocycles. The summed E-state index contributed by atoms with van der Waals surface area (Å²) in [5, 5.41) is 3.72. The molecule has 0 aliphatic carbocycles. The van der Waals surface area contributed by atoms with Crippen molar-refractivity contribution in [1.82, 2.24) is 5.32 Å². The van der Waals surface area contributed by atoms with Crippen molar-refractivity contribution in [3.8, 4) is 5.75 Å². The maximum absolute atomic E-state index is 5.72.